The van der Waals surface area contributed by atoms with Crippen molar-refractivity contribution in [2.75, 3.05) is 45.9 Å². The molecule has 1 aliphatic carbocycles. The Hall–Kier alpha value is -1.44. The van der Waals surface area contributed by atoms with Crippen molar-refractivity contribution in [3.8, 4) is 0 Å². The van der Waals surface area contributed by atoms with Gasteiger partial charge in [-0.3, -0.25) is 4.90 Å². The fraction of sp³-hybridized carbons (Fsp3) is 0.750. The molecule has 0 amide bonds. The SMILES string of the molecule is C1=CCC(CNCCCN2CCOCC2)CC1.O=C(O)C(=O)O. The molecular formula is C16H28N2O5. The first-order valence-corrected chi connectivity index (χ1v) is 8.21. The van der Waals surface area contributed by atoms with Gasteiger partial charge in [-0.1, -0.05) is 12.2 Å². The van der Waals surface area contributed by atoms with Gasteiger partial charge in [-0.05, 0) is 51.2 Å². The first-order chi connectivity index (χ1) is 11.1. The molecule has 1 heterocycles. The van der Waals surface area contributed by atoms with Gasteiger partial charge in [0.25, 0.3) is 0 Å². The normalized spacial score (nSPS) is 21.3. The average molecular weight is 328 g/mol. The van der Waals surface area contributed by atoms with E-state index in [-0.39, 0.29) is 0 Å². The fourth-order valence-electron chi connectivity index (χ4n) is 2.60. The van der Waals surface area contributed by atoms with Gasteiger partial charge in [0.15, 0.2) is 0 Å². The molecule has 0 aromatic rings. The van der Waals surface area contributed by atoms with Crippen LogP contribution < -0.4 is 5.32 Å². The molecule has 23 heavy (non-hydrogen) atoms. The Bertz CT molecular complexity index is 369. The summed E-state index contributed by atoms with van der Waals surface area (Å²) in [4.78, 5) is 20.7. The summed E-state index contributed by atoms with van der Waals surface area (Å²) >= 11 is 0. The summed E-state index contributed by atoms with van der Waals surface area (Å²) in [5.74, 6) is -2.77. The standard InChI is InChI=1S/C14H26N2O.C2H2O4/c1-2-5-14(6-3-1)13-15-7-4-8-16-9-11-17-12-10-16;3-1(4)2(5)6/h1-2,14-15H,3-13H2;(H,3,4)(H,5,6). The van der Waals surface area contributed by atoms with Gasteiger partial charge in [0.05, 0.1) is 13.2 Å². The van der Waals surface area contributed by atoms with Gasteiger partial charge >= 0.3 is 11.9 Å². The number of rotatable bonds is 6. The third-order valence-electron chi connectivity index (χ3n) is 3.93. The number of nitrogens with zero attached hydrogens (tertiary/aromatic N) is 1. The van der Waals surface area contributed by atoms with E-state index in [1.54, 1.807) is 0 Å². The van der Waals surface area contributed by atoms with Crippen molar-refractivity contribution in [1.29, 1.82) is 0 Å². The zero-order chi connectivity index (χ0) is 16.9. The number of nitrogens with one attached hydrogen (secondary N) is 1. The number of aliphatic carboxylic acids is 2. The minimum atomic E-state index is -1.82. The van der Waals surface area contributed by atoms with Crippen LogP contribution in [0.15, 0.2) is 12.2 Å². The fourth-order valence-corrected chi connectivity index (χ4v) is 2.60. The number of allylic oxidation sites excluding steroid dienone is 2. The van der Waals surface area contributed by atoms with Gasteiger partial charge in [0.1, 0.15) is 0 Å². The molecule has 1 fully saturated rings. The Labute approximate surface area is 137 Å². The van der Waals surface area contributed by atoms with E-state index in [1.807, 2.05) is 0 Å². The van der Waals surface area contributed by atoms with Crippen LogP contribution in [0.1, 0.15) is 25.7 Å². The van der Waals surface area contributed by atoms with Crippen LogP contribution in [0.5, 0.6) is 0 Å². The number of carboxylic acids is 2. The van der Waals surface area contributed by atoms with E-state index in [2.05, 4.69) is 22.4 Å². The molecule has 2 rings (SSSR count). The largest absolute Gasteiger partial charge is 0.473 e. The number of hydrogen-bond acceptors (Lipinski definition) is 5. The zero-order valence-electron chi connectivity index (χ0n) is 13.6. The van der Waals surface area contributed by atoms with E-state index in [4.69, 9.17) is 24.5 Å². The molecule has 0 saturated carbocycles. The summed E-state index contributed by atoms with van der Waals surface area (Å²) in [6.07, 6.45) is 9.84. The summed E-state index contributed by atoms with van der Waals surface area (Å²) in [7, 11) is 0. The van der Waals surface area contributed by atoms with Crippen LogP contribution in [0.2, 0.25) is 0 Å². The van der Waals surface area contributed by atoms with Gasteiger partial charge in [-0.2, -0.15) is 0 Å². The van der Waals surface area contributed by atoms with Gasteiger partial charge in [0.2, 0.25) is 0 Å². The summed E-state index contributed by atoms with van der Waals surface area (Å²) in [5.41, 5.74) is 0. The maximum absolute atomic E-state index is 9.10. The Kier molecular flexibility index (Phi) is 10.3. The third-order valence-corrected chi connectivity index (χ3v) is 3.93. The monoisotopic (exact) mass is 328 g/mol. The molecule has 132 valence electrons. The lowest BCUT2D eigenvalue weighted by atomic mass is 9.94. The highest BCUT2D eigenvalue weighted by molar-refractivity contribution is 6.27. The molecule has 1 atom stereocenters. The van der Waals surface area contributed by atoms with Crippen molar-refractivity contribution in [1.82, 2.24) is 10.2 Å². The van der Waals surface area contributed by atoms with Crippen molar-refractivity contribution in [3.05, 3.63) is 12.2 Å². The van der Waals surface area contributed by atoms with Crippen molar-refractivity contribution in [2.45, 2.75) is 25.7 Å². The average Bonchev–Trinajstić information content (AvgIpc) is 2.57. The van der Waals surface area contributed by atoms with Gasteiger partial charge in [0, 0.05) is 13.1 Å². The topological polar surface area (TPSA) is 99.1 Å². The Balaban J connectivity index is 0.000000379. The maximum atomic E-state index is 9.10. The molecule has 1 saturated heterocycles. The number of ether oxygens (including phenoxy) is 1. The molecular weight excluding hydrogens is 300 g/mol. The summed E-state index contributed by atoms with van der Waals surface area (Å²) < 4.78 is 5.34. The van der Waals surface area contributed by atoms with Crippen LogP contribution in [0, 0.1) is 5.92 Å². The van der Waals surface area contributed by atoms with Crippen LogP contribution in [-0.4, -0.2) is 73.0 Å². The van der Waals surface area contributed by atoms with Crippen molar-refractivity contribution >= 4 is 11.9 Å². The lowest BCUT2D eigenvalue weighted by molar-refractivity contribution is -0.159. The second-order valence-corrected chi connectivity index (χ2v) is 5.77. The highest BCUT2D eigenvalue weighted by atomic mass is 16.5. The maximum Gasteiger partial charge on any atom is 0.414 e. The van der Waals surface area contributed by atoms with E-state index in [1.165, 1.54) is 38.8 Å². The highest BCUT2D eigenvalue weighted by Gasteiger charge is 2.10. The van der Waals surface area contributed by atoms with E-state index in [0.29, 0.717) is 0 Å². The van der Waals surface area contributed by atoms with E-state index >= 15 is 0 Å². The minimum Gasteiger partial charge on any atom is -0.473 e. The molecule has 1 aliphatic heterocycles. The smallest absolute Gasteiger partial charge is 0.414 e. The summed E-state index contributed by atoms with van der Waals surface area (Å²) in [6.45, 7) is 7.66. The Morgan fingerprint density at radius 1 is 1.17 bits per heavy atom. The molecule has 0 bridgehead atoms. The molecule has 0 spiro atoms. The first kappa shape index (κ1) is 19.6. The van der Waals surface area contributed by atoms with Crippen LogP contribution in [0.3, 0.4) is 0 Å². The lowest BCUT2D eigenvalue weighted by Gasteiger charge is -2.26. The first-order valence-electron chi connectivity index (χ1n) is 8.21. The number of hydrogen-bond donors (Lipinski definition) is 3. The Morgan fingerprint density at radius 3 is 2.43 bits per heavy atom. The molecule has 3 N–H and O–H groups in total. The molecule has 0 radical (unpaired) electrons. The second kappa shape index (κ2) is 12.0. The van der Waals surface area contributed by atoms with Gasteiger partial charge < -0.3 is 20.3 Å². The predicted molar refractivity (Wildman–Crippen MR) is 86.5 cm³/mol. The van der Waals surface area contributed by atoms with E-state index in [0.717, 1.165) is 38.8 Å². The molecule has 1 unspecified atom stereocenters. The second-order valence-electron chi connectivity index (χ2n) is 5.77. The van der Waals surface area contributed by atoms with Crippen LogP contribution in [0.4, 0.5) is 0 Å². The van der Waals surface area contributed by atoms with E-state index < -0.39 is 11.9 Å². The van der Waals surface area contributed by atoms with E-state index in [9.17, 15) is 0 Å². The number of carboxylic acid groups (broad SMARTS) is 2. The quantitative estimate of drug-likeness (QED) is 0.377. The zero-order valence-corrected chi connectivity index (χ0v) is 13.6. The Morgan fingerprint density at radius 2 is 1.87 bits per heavy atom. The van der Waals surface area contributed by atoms with Gasteiger partial charge in [-0.25, -0.2) is 9.59 Å². The number of morpholine rings is 1. The van der Waals surface area contributed by atoms with Crippen molar-refractivity contribution in [3.63, 3.8) is 0 Å². The van der Waals surface area contributed by atoms with Crippen molar-refractivity contribution < 1.29 is 24.5 Å². The van der Waals surface area contributed by atoms with Crippen LogP contribution in [-0.2, 0) is 14.3 Å². The van der Waals surface area contributed by atoms with Crippen LogP contribution >= 0.6 is 0 Å². The molecule has 0 aromatic carbocycles. The third kappa shape index (κ3) is 10.0. The minimum absolute atomic E-state index is 0.878. The predicted octanol–water partition coefficient (Wildman–Crippen LogP) is 0.810. The summed E-state index contributed by atoms with van der Waals surface area (Å²) in [5, 5.41) is 18.4. The molecule has 7 heteroatoms. The van der Waals surface area contributed by atoms with Crippen LogP contribution in [0.25, 0.3) is 0 Å². The summed E-state index contributed by atoms with van der Waals surface area (Å²) in [6, 6.07) is 0. The highest BCUT2D eigenvalue weighted by Crippen LogP contribution is 2.16. The lowest BCUT2D eigenvalue weighted by Crippen LogP contribution is -2.38. The number of carbonyl (C=O) groups is 2. The van der Waals surface area contributed by atoms with Gasteiger partial charge in [-0.15, -0.1) is 0 Å². The molecule has 7 nitrogen and oxygen atoms in total. The molecule has 0 aromatic heterocycles. The van der Waals surface area contributed by atoms with Crippen molar-refractivity contribution in [2.24, 2.45) is 5.92 Å². The molecule has 2 aliphatic rings.